The average molecular weight is 273 g/mol. The van der Waals surface area contributed by atoms with Crippen LogP contribution in [0.5, 0.6) is 0 Å². The van der Waals surface area contributed by atoms with Crippen LogP contribution in [0.15, 0.2) is 0 Å². The van der Waals surface area contributed by atoms with E-state index in [9.17, 15) is 22.6 Å². The van der Waals surface area contributed by atoms with Gasteiger partial charge >= 0.3 is 6.18 Å². The second-order valence-electron chi connectivity index (χ2n) is 4.37. The van der Waals surface area contributed by atoms with Crippen molar-refractivity contribution in [3.63, 3.8) is 0 Å². The molecule has 17 heavy (non-hydrogen) atoms. The molecule has 0 N–H and O–H groups in total. The Balaban J connectivity index is 2.68. The zero-order chi connectivity index (χ0) is 13.1. The van der Waals surface area contributed by atoms with Crippen molar-refractivity contribution in [2.75, 3.05) is 0 Å². The number of alkyl halides is 3. The van der Waals surface area contributed by atoms with Gasteiger partial charge in [0.25, 0.3) is 0 Å². The van der Waals surface area contributed by atoms with Crippen molar-refractivity contribution >= 4 is 7.60 Å². The second-order valence-corrected chi connectivity index (χ2v) is 6.28. The van der Waals surface area contributed by atoms with Crippen LogP contribution in [0.25, 0.3) is 0 Å². The highest BCUT2D eigenvalue weighted by Gasteiger charge is 2.46. The van der Waals surface area contributed by atoms with Crippen molar-refractivity contribution in [2.24, 2.45) is 0 Å². The third kappa shape index (κ3) is 4.27. The van der Waals surface area contributed by atoms with Crippen LogP contribution in [-0.2, 0) is 9.09 Å². The molecule has 0 amide bonds. The molecule has 0 bridgehead atoms. The van der Waals surface area contributed by atoms with Crippen LogP contribution < -0.4 is 4.89 Å². The van der Waals surface area contributed by atoms with E-state index in [1.807, 2.05) is 0 Å². The lowest BCUT2D eigenvalue weighted by Crippen LogP contribution is -2.35. The zero-order valence-electron chi connectivity index (χ0n) is 9.70. The first-order valence-corrected chi connectivity index (χ1v) is 7.44. The predicted molar refractivity (Wildman–Crippen MR) is 55.7 cm³/mol. The normalized spacial score (nSPS) is 24.3. The lowest BCUT2D eigenvalue weighted by molar-refractivity contribution is -0.222. The van der Waals surface area contributed by atoms with Crippen molar-refractivity contribution in [3.05, 3.63) is 0 Å². The van der Waals surface area contributed by atoms with Crippen LogP contribution in [0.4, 0.5) is 13.2 Å². The molecule has 3 nitrogen and oxygen atoms in total. The third-order valence-electron chi connectivity index (χ3n) is 2.99. The van der Waals surface area contributed by atoms with Gasteiger partial charge in [0, 0.05) is 0 Å². The summed E-state index contributed by atoms with van der Waals surface area (Å²) in [6.45, 7) is 1.20. The van der Waals surface area contributed by atoms with Gasteiger partial charge in [0.05, 0.1) is 6.10 Å². The molecule has 1 saturated carbocycles. The maximum Gasteiger partial charge on any atom is 0.399 e. The summed E-state index contributed by atoms with van der Waals surface area (Å²) in [6.07, 6.45) is -2.15. The number of hydrogen-bond donors (Lipinski definition) is 0. The largest absolute Gasteiger partial charge is 0.778 e. The fraction of sp³-hybridized carbons (Fsp3) is 1.00. The van der Waals surface area contributed by atoms with Crippen molar-refractivity contribution in [3.8, 4) is 0 Å². The van der Waals surface area contributed by atoms with Crippen molar-refractivity contribution in [2.45, 2.75) is 63.4 Å². The van der Waals surface area contributed by atoms with Crippen molar-refractivity contribution in [1.82, 2.24) is 0 Å². The van der Waals surface area contributed by atoms with Gasteiger partial charge in [0.2, 0.25) is 0 Å². The molecule has 1 fully saturated rings. The van der Waals surface area contributed by atoms with Crippen LogP contribution in [0.3, 0.4) is 0 Å². The molecule has 2 unspecified atom stereocenters. The molecule has 1 rings (SSSR count). The molecular formula is C10H17F3O3P-. The maximum atomic E-state index is 12.5. The van der Waals surface area contributed by atoms with E-state index in [-0.39, 0.29) is 0 Å². The average Bonchev–Trinajstić information content (AvgIpc) is 2.16. The lowest BCUT2D eigenvalue weighted by Gasteiger charge is -2.36. The molecule has 1 aliphatic rings. The topological polar surface area (TPSA) is 49.4 Å². The molecule has 0 aromatic rings. The Kier molecular flexibility index (Phi) is 5.05. The summed E-state index contributed by atoms with van der Waals surface area (Å²) in [4.78, 5) is 11.6. The van der Waals surface area contributed by atoms with Gasteiger partial charge in [-0.2, -0.15) is 13.2 Å². The van der Waals surface area contributed by atoms with Crippen LogP contribution in [0, 0.1) is 0 Å². The van der Waals surface area contributed by atoms with Gasteiger partial charge in [-0.1, -0.05) is 26.2 Å². The minimum atomic E-state index is -4.87. The second kappa shape index (κ2) is 5.72. The van der Waals surface area contributed by atoms with Crippen LogP contribution in [0.1, 0.15) is 45.4 Å². The van der Waals surface area contributed by atoms with Gasteiger partial charge in [-0.05, 0) is 19.3 Å². The van der Waals surface area contributed by atoms with Crippen molar-refractivity contribution < 1.29 is 27.2 Å². The summed E-state index contributed by atoms with van der Waals surface area (Å²) >= 11 is 0. The molecule has 7 heteroatoms. The summed E-state index contributed by atoms with van der Waals surface area (Å²) in [7, 11) is -4.87. The summed E-state index contributed by atoms with van der Waals surface area (Å²) in [6, 6.07) is 0. The first-order chi connectivity index (χ1) is 7.77. The summed E-state index contributed by atoms with van der Waals surface area (Å²) in [5, 5.41) is 0. The molecule has 2 atom stereocenters. The van der Waals surface area contributed by atoms with Crippen LogP contribution in [-0.4, -0.2) is 17.9 Å². The Morgan fingerprint density at radius 2 is 1.88 bits per heavy atom. The van der Waals surface area contributed by atoms with Gasteiger partial charge < -0.3 is 14.0 Å². The van der Waals surface area contributed by atoms with E-state index < -0.39 is 32.0 Å². The highest BCUT2D eigenvalue weighted by molar-refractivity contribution is 7.52. The van der Waals surface area contributed by atoms with E-state index in [4.69, 9.17) is 4.52 Å². The van der Waals surface area contributed by atoms with Gasteiger partial charge in [0.15, 0.2) is 0 Å². The lowest BCUT2D eigenvalue weighted by atomic mass is 9.98. The highest BCUT2D eigenvalue weighted by atomic mass is 31.2. The van der Waals surface area contributed by atoms with Crippen LogP contribution in [0.2, 0.25) is 0 Å². The molecule has 0 heterocycles. The SMILES string of the molecule is CCC(C(F)(F)F)P(=O)([O-])OC1CCCCC1. The maximum absolute atomic E-state index is 12.5. The quantitative estimate of drug-likeness (QED) is 0.739. The Morgan fingerprint density at radius 1 is 1.35 bits per heavy atom. The minimum Gasteiger partial charge on any atom is -0.778 e. The van der Waals surface area contributed by atoms with Gasteiger partial charge in [0.1, 0.15) is 13.3 Å². The molecule has 1 aliphatic carbocycles. The minimum absolute atomic E-state index is 0.503. The Bertz CT molecular complexity index is 287. The standard InChI is InChI=1S/C10H18F3O3P/c1-2-9(10(11,12)13)17(14,15)16-8-6-4-3-5-7-8/h8-9H,2-7H2,1H3,(H,14,15)/p-1. The molecule has 0 aromatic heterocycles. The summed E-state index contributed by atoms with van der Waals surface area (Å²) in [5.74, 6) is 0. The molecule has 0 radical (unpaired) electrons. The van der Waals surface area contributed by atoms with E-state index in [1.54, 1.807) is 0 Å². The number of rotatable bonds is 4. The summed E-state index contributed by atoms with van der Waals surface area (Å²) < 4.78 is 53.9. The van der Waals surface area contributed by atoms with Crippen molar-refractivity contribution in [1.29, 1.82) is 0 Å². The molecule has 0 aliphatic heterocycles. The third-order valence-corrected chi connectivity index (χ3v) is 5.01. The fourth-order valence-corrected chi connectivity index (χ4v) is 3.67. The van der Waals surface area contributed by atoms with Gasteiger partial charge in [-0.3, -0.25) is 0 Å². The van der Waals surface area contributed by atoms with E-state index in [2.05, 4.69) is 0 Å². The first kappa shape index (κ1) is 15.0. The van der Waals surface area contributed by atoms with Gasteiger partial charge in [-0.25, -0.2) is 0 Å². The Labute approximate surface area is 98.9 Å². The first-order valence-electron chi connectivity index (χ1n) is 5.83. The zero-order valence-corrected chi connectivity index (χ0v) is 10.6. The van der Waals surface area contributed by atoms with Gasteiger partial charge in [-0.15, -0.1) is 0 Å². The molecule has 0 saturated heterocycles. The van der Waals surface area contributed by atoms with E-state index in [0.717, 1.165) is 19.3 Å². The molecule has 102 valence electrons. The molecule has 0 spiro atoms. The monoisotopic (exact) mass is 273 g/mol. The smallest absolute Gasteiger partial charge is 0.399 e. The predicted octanol–water partition coefficient (Wildman–Crippen LogP) is 3.23. The van der Waals surface area contributed by atoms with E-state index in [1.165, 1.54) is 6.92 Å². The highest BCUT2D eigenvalue weighted by Crippen LogP contribution is 2.53. The fourth-order valence-electron chi connectivity index (χ4n) is 2.09. The number of halogens is 3. The Morgan fingerprint density at radius 3 is 2.29 bits per heavy atom. The van der Waals surface area contributed by atoms with Crippen LogP contribution >= 0.6 is 7.60 Å². The molecular weight excluding hydrogens is 256 g/mol. The van der Waals surface area contributed by atoms with E-state index >= 15 is 0 Å². The summed E-state index contributed by atoms with van der Waals surface area (Å²) in [5.41, 5.74) is -2.38. The molecule has 0 aromatic carbocycles. The Hall–Kier alpha value is -0.0600. The van der Waals surface area contributed by atoms with E-state index in [0.29, 0.717) is 12.8 Å². The number of hydrogen-bond acceptors (Lipinski definition) is 3.